The maximum Gasteiger partial charge on any atom is 0.428 e. The molecule has 13 heteroatoms. The van der Waals surface area contributed by atoms with Crippen LogP contribution in [-0.2, 0) is 13.4 Å². The van der Waals surface area contributed by atoms with Crippen molar-refractivity contribution in [3.63, 3.8) is 0 Å². The van der Waals surface area contributed by atoms with Gasteiger partial charge in [0.25, 0.3) is 0 Å². The molecule has 2 N–H and O–H groups in total. The molecule has 0 aromatic rings. The third-order valence-electron chi connectivity index (χ3n) is 4.88. The highest BCUT2D eigenvalue weighted by Crippen LogP contribution is 2.78. The van der Waals surface area contributed by atoms with E-state index >= 15 is 0 Å². The molecular formula is C13H24Cl6O5P2. The zero-order valence-electron chi connectivity index (χ0n) is 14.4. The van der Waals surface area contributed by atoms with Gasteiger partial charge in [-0.15, -0.1) is 58.0 Å². The zero-order chi connectivity index (χ0) is 20.9. The zero-order valence-corrected chi connectivity index (χ0v) is 20.8. The molecule has 0 aromatic heterocycles. The first-order valence-electron chi connectivity index (χ1n) is 7.70. The van der Waals surface area contributed by atoms with Gasteiger partial charge in [0.15, 0.2) is 4.62 Å². The minimum Gasteiger partial charge on any atom is -0.323 e. The Labute approximate surface area is 184 Å². The van der Waals surface area contributed by atoms with Crippen molar-refractivity contribution >= 4 is 83.8 Å². The number of hydrogen-bond acceptors (Lipinski definition) is 3. The van der Waals surface area contributed by atoms with Gasteiger partial charge in [0.05, 0.1) is 0 Å². The summed E-state index contributed by atoms with van der Waals surface area (Å²) < 4.78 is 27.0. The highest BCUT2D eigenvalue weighted by molar-refractivity contribution is 7.85. The molecule has 0 aliphatic rings. The van der Waals surface area contributed by atoms with Crippen molar-refractivity contribution in [2.45, 2.75) is 44.1 Å². The summed E-state index contributed by atoms with van der Waals surface area (Å²) in [5.41, 5.74) is -1.93. The largest absolute Gasteiger partial charge is 0.428 e. The fourth-order valence-corrected chi connectivity index (χ4v) is 9.75. The minimum absolute atomic E-state index is 0.0943. The van der Waals surface area contributed by atoms with Gasteiger partial charge in [-0.25, -0.2) is 8.88 Å². The lowest BCUT2D eigenvalue weighted by Gasteiger charge is -2.56. The molecule has 0 saturated carbocycles. The molecule has 3 atom stereocenters. The van der Waals surface area contributed by atoms with Gasteiger partial charge in [-0.05, 0) is 31.1 Å². The molecule has 5 nitrogen and oxygen atoms in total. The molecule has 0 heterocycles. The molecule has 0 aliphatic carbocycles. The summed E-state index contributed by atoms with van der Waals surface area (Å²) in [4.78, 5) is 19.9. The van der Waals surface area contributed by atoms with E-state index in [0.717, 1.165) is 0 Å². The number of halogens is 6. The quantitative estimate of drug-likeness (QED) is 0.196. The van der Waals surface area contributed by atoms with E-state index in [1.807, 2.05) is 13.8 Å². The molecule has 0 saturated heterocycles. The van der Waals surface area contributed by atoms with Crippen LogP contribution < -0.4 is 0 Å². The van der Waals surface area contributed by atoms with Crippen LogP contribution in [0.5, 0.6) is 0 Å². The average molecular weight is 535 g/mol. The Bertz CT molecular complexity index is 537. The highest BCUT2D eigenvalue weighted by atomic mass is 35.7. The molecule has 0 bridgehead atoms. The lowest BCUT2D eigenvalue weighted by atomic mass is 9.58. The Kier molecular flexibility index (Phi) is 11.8. The summed E-state index contributed by atoms with van der Waals surface area (Å²) >= 11 is 35.8. The predicted octanol–water partition coefficient (Wildman–Crippen LogP) is 6.99. The molecule has 0 aromatic carbocycles. The van der Waals surface area contributed by atoms with Crippen LogP contribution in [0.3, 0.4) is 0 Å². The van der Waals surface area contributed by atoms with Crippen LogP contribution in [0, 0.1) is 10.8 Å². The van der Waals surface area contributed by atoms with Crippen molar-refractivity contribution in [2.24, 2.45) is 10.8 Å². The first-order valence-corrected chi connectivity index (χ1v) is 14.3. The van der Waals surface area contributed by atoms with Crippen molar-refractivity contribution in [3.8, 4) is 0 Å². The summed E-state index contributed by atoms with van der Waals surface area (Å²) in [5, 5.41) is 0. The van der Waals surface area contributed by atoms with Crippen LogP contribution in [0.2, 0.25) is 0 Å². The van der Waals surface area contributed by atoms with E-state index in [-0.39, 0.29) is 42.8 Å². The van der Waals surface area contributed by atoms with E-state index < -0.39 is 30.0 Å². The van der Waals surface area contributed by atoms with E-state index in [1.54, 1.807) is 0 Å². The summed E-state index contributed by atoms with van der Waals surface area (Å²) in [6.45, 7) is -1.21. The van der Waals surface area contributed by atoms with Gasteiger partial charge in [0, 0.05) is 40.2 Å². The van der Waals surface area contributed by atoms with Gasteiger partial charge in [0.1, 0.15) is 0 Å². The fraction of sp³-hybridized carbons (Fsp3) is 1.00. The molecule has 0 aliphatic heterocycles. The monoisotopic (exact) mass is 532 g/mol. The van der Waals surface area contributed by atoms with E-state index in [0.29, 0.717) is 6.42 Å². The van der Waals surface area contributed by atoms with E-state index in [4.69, 9.17) is 69.2 Å². The highest BCUT2D eigenvalue weighted by Gasteiger charge is 2.66. The third-order valence-corrected chi connectivity index (χ3v) is 10.6. The topological polar surface area (TPSA) is 83.8 Å². The molecule has 3 unspecified atom stereocenters. The molecule has 26 heavy (non-hydrogen) atoms. The van der Waals surface area contributed by atoms with Crippen LogP contribution in [-0.4, -0.2) is 37.9 Å². The Hall–Kier alpha value is 2.08. The molecule has 0 rings (SSSR count). The summed E-state index contributed by atoms with van der Waals surface area (Å²) in [6, 6.07) is 0. The normalized spacial score (nSPS) is 20.2. The Balaban J connectivity index is 6.73. The standard InChI is InChI=1S/C13H24Cl6O5P2/c1-11(2,3-7-14)12(4-8-15,5-9-16)13(18,6-10-17)25(20,21)24-26(19,22)23/h3-10H2,1-2H3,(H,20,21)(H,22,23). The van der Waals surface area contributed by atoms with Crippen LogP contribution in [0.4, 0.5) is 0 Å². The molecule has 0 radical (unpaired) electrons. The predicted molar refractivity (Wildman–Crippen MR) is 113 cm³/mol. The lowest BCUT2D eigenvalue weighted by Crippen LogP contribution is -2.54. The van der Waals surface area contributed by atoms with Gasteiger partial charge < -0.3 is 9.79 Å². The number of rotatable bonds is 13. The second kappa shape index (κ2) is 10.9. The van der Waals surface area contributed by atoms with Crippen molar-refractivity contribution in [1.29, 1.82) is 0 Å². The maximum absolute atomic E-state index is 13.1. The van der Waals surface area contributed by atoms with Gasteiger partial charge >= 0.3 is 14.5 Å². The lowest BCUT2D eigenvalue weighted by molar-refractivity contribution is 0.0259. The van der Waals surface area contributed by atoms with Gasteiger partial charge in [-0.3, -0.25) is 4.57 Å². The molecule has 0 spiro atoms. The second-order valence-electron chi connectivity index (χ2n) is 6.53. The first-order chi connectivity index (χ1) is 11.7. The van der Waals surface area contributed by atoms with Gasteiger partial charge in [-0.1, -0.05) is 13.8 Å². The Morgan fingerprint density at radius 3 is 1.54 bits per heavy atom. The van der Waals surface area contributed by atoms with Gasteiger partial charge in [-0.2, -0.15) is 0 Å². The maximum atomic E-state index is 13.1. The summed E-state index contributed by atoms with van der Waals surface area (Å²) in [6.07, 6.45) is 0.561. The molecule has 0 amide bonds. The van der Waals surface area contributed by atoms with Crippen molar-refractivity contribution in [2.75, 3.05) is 23.5 Å². The van der Waals surface area contributed by atoms with Crippen molar-refractivity contribution in [1.82, 2.24) is 0 Å². The third kappa shape index (κ3) is 6.29. The summed E-state index contributed by atoms with van der Waals surface area (Å²) in [5.74, 6) is 0.324. The SMILES string of the molecule is CC(C)(CCCl)C(CCCl)(CCCl)C(Cl)(CCCl)P(=O)(O)OP(=O)(O)Cl. The summed E-state index contributed by atoms with van der Waals surface area (Å²) in [7, 11) is -4.98. The first kappa shape index (κ1) is 28.1. The second-order valence-corrected chi connectivity index (χ2v) is 13.6. The smallest absolute Gasteiger partial charge is 0.323 e. The molecule has 158 valence electrons. The van der Waals surface area contributed by atoms with Crippen LogP contribution in [0.1, 0.15) is 39.5 Å². The van der Waals surface area contributed by atoms with Crippen LogP contribution in [0.15, 0.2) is 0 Å². The van der Waals surface area contributed by atoms with Crippen molar-refractivity contribution in [3.05, 3.63) is 0 Å². The minimum atomic E-state index is -4.98. The van der Waals surface area contributed by atoms with E-state index in [2.05, 4.69) is 4.31 Å². The number of alkyl halides is 5. The van der Waals surface area contributed by atoms with Crippen LogP contribution >= 0.6 is 83.8 Å². The van der Waals surface area contributed by atoms with Crippen LogP contribution in [0.25, 0.3) is 0 Å². The average Bonchev–Trinajstić information content (AvgIpc) is 2.44. The van der Waals surface area contributed by atoms with Gasteiger partial charge in [0.2, 0.25) is 0 Å². The molecular weight excluding hydrogens is 511 g/mol. The number of hydrogen-bond donors (Lipinski definition) is 2. The van der Waals surface area contributed by atoms with Crippen molar-refractivity contribution < 1.29 is 23.2 Å². The molecule has 0 fully saturated rings. The fourth-order valence-electron chi connectivity index (χ4n) is 3.48. The van der Waals surface area contributed by atoms with E-state index in [1.165, 1.54) is 0 Å². The van der Waals surface area contributed by atoms with E-state index in [9.17, 15) is 18.9 Å². The Morgan fingerprint density at radius 1 is 0.846 bits per heavy atom. The Morgan fingerprint density at radius 2 is 1.23 bits per heavy atom.